The summed E-state index contributed by atoms with van der Waals surface area (Å²) in [4.78, 5) is 9.47. The van der Waals surface area contributed by atoms with Crippen LogP contribution in [0.25, 0.3) is 12.2 Å². The standard InChI is InChI=1S/C18H21NO4.C2H6N2O/c1-20-15-8-7-12(9-14(15)19)5-6-13-10-16(21-2)18(23-4)17(11-13)22-3;3-1-2(4)5/h5-11H,19H2,1-4H3;1,3H2,(H2,4,5)/b6-5-;. The smallest absolute Gasteiger partial charge is 0.231 e. The third-order valence-corrected chi connectivity index (χ3v) is 3.61. The minimum absolute atomic E-state index is 0.0556. The maximum atomic E-state index is 9.47. The highest BCUT2D eigenvalue weighted by Gasteiger charge is 2.11. The monoisotopic (exact) mass is 389 g/mol. The third kappa shape index (κ3) is 6.40. The van der Waals surface area contributed by atoms with E-state index in [0.717, 1.165) is 11.1 Å². The summed E-state index contributed by atoms with van der Waals surface area (Å²) in [5, 5.41) is 0. The van der Waals surface area contributed by atoms with E-state index in [1.54, 1.807) is 28.4 Å². The third-order valence-electron chi connectivity index (χ3n) is 3.61. The summed E-state index contributed by atoms with van der Waals surface area (Å²) < 4.78 is 21.2. The summed E-state index contributed by atoms with van der Waals surface area (Å²) >= 11 is 0. The Hall–Kier alpha value is -3.39. The first-order valence-electron chi connectivity index (χ1n) is 8.30. The molecule has 0 saturated heterocycles. The normalized spacial score (nSPS) is 10.0. The number of rotatable bonds is 7. The minimum Gasteiger partial charge on any atom is -0.495 e. The van der Waals surface area contributed by atoms with Gasteiger partial charge in [0.15, 0.2) is 11.5 Å². The second kappa shape index (κ2) is 11.3. The highest BCUT2D eigenvalue weighted by atomic mass is 16.5. The zero-order valence-corrected chi connectivity index (χ0v) is 16.5. The van der Waals surface area contributed by atoms with E-state index in [1.807, 2.05) is 42.5 Å². The predicted molar refractivity (Wildman–Crippen MR) is 111 cm³/mol. The van der Waals surface area contributed by atoms with Gasteiger partial charge in [0.05, 0.1) is 40.7 Å². The van der Waals surface area contributed by atoms with Gasteiger partial charge in [-0.05, 0) is 35.4 Å². The van der Waals surface area contributed by atoms with Crippen molar-refractivity contribution in [1.29, 1.82) is 0 Å². The molecule has 0 fully saturated rings. The molecule has 0 saturated carbocycles. The molecule has 2 aromatic carbocycles. The summed E-state index contributed by atoms with van der Waals surface area (Å²) in [6, 6.07) is 9.39. The Bertz CT molecular complexity index is 796. The number of carbonyl (C=O) groups is 1. The van der Waals surface area contributed by atoms with E-state index in [4.69, 9.17) is 30.4 Å². The number of anilines is 1. The lowest BCUT2D eigenvalue weighted by Gasteiger charge is -2.12. The second-order valence-electron chi connectivity index (χ2n) is 5.46. The molecule has 0 spiro atoms. The quantitative estimate of drug-likeness (QED) is 0.487. The van der Waals surface area contributed by atoms with Crippen LogP contribution in [0.5, 0.6) is 23.0 Å². The van der Waals surface area contributed by atoms with Crippen LogP contribution < -0.4 is 36.1 Å². The van der Waals surface area contributed by atoms with Gasteiger partial charge in [0.2, 0.25) is 11.7 Å². The van der Waals surface area contributed by atoms with Crippen LogP contribution in [0.15, 0.2) is 30.3 Å². The summed E-state index contributed by atoms with van der Waals surface area (Å²) in [5.41, 5.74) is 17.6. The molecule has 0 aromatic heterocycles. The second-order valence-corrected chi connectivity index (χ2v) is 5.46. The number of hydrogen-bond acceptors (Lipinski definition) is 7. The molecule has 6 N–H and O–H groups in total. The molecule has 0 aliphatic carbocycles. The van der Waals surface area contributed by atoms with E-state index in [1.165, 1.54) is 0 Å². The number of primary amides is 1. The molecule has 0 radical (unpaired) electrons. The number of hydrogen-bond donors (Lipinski definition) is 3. The molecule has 0 heterocycles. The molecule has 0 aliphatic heterocycles. The number of benzene rings is 2. The topological polar surface area (TPSA) is 132 Å². The molecule has 1 amide bonds. The summed E-state index contributed by atoms with van der Waals surface area (Å²) in [6.45, 7) is -0.0556. The van der Waals surface area contributed by atoms with Crippen LogP contribution in [0.4, 0.5) is 5.69 Å². The van der Waals surface area contributed by atoms with Crippen molar-refractivity contribution < 1.29 is 23.7 Å². The molecular formula is C20H27N3O5. The SMILES string of the molecule is COc1ccc(/C=C\c2cc(OC)c(OC)c(OC)c2)cc1N.NCC(N)=O. The van der Waals surface area contributed by atoms with Crippen molar-refractivity contribution in [1.82, 2.24) is 0 Å². The summed E-state index contributed by atoms with van der Waals surface area (Å²) in [6.07, 6.45) is 3.90. The Morgan fingerprint density at radius 3 is 1.75 bits per heavy atom. The molecule has 8 nitrogen and oxygen atoms in total. The highest BCUT2D eigenvalue weighted by molar-refractivity contribution is 5.75. The van der Waals surface area contributed by atoms with E-state index in [2.05, 4.69) is 5.73 Å². The number of carbonyl (C=O) groups excluding carboxylic acids is 1. The highest BCUT2D eigenvalue weighted by Crippen LogP contribution is 2.38. The van der Waals surface area contributed by atoms with Crippen LogP contribution in [0.3, 0.4) is 0 Å². The van der Waals surface area contributed by atoms with Crippen molar-refractivity contribution in [2.45, 2.75) is 0 Å². The molecule has 8 heteroatoms. The molecular weight excluding hydrogens is 362 g/mol. The largest absolute Gasteiger partial charge is 0.495 e. The summed E-state index contributed by atoms with van der Waals surface area (Å²) in [7, 11) is 6.36. The number of methoxy groups -OCH3 is 4. The fraction of sp³-hybridized carbons (Fsp3) is 0.250. The Balaban J connectivity index is 0.000000696. The maximum absolute atomic E-state index is 9.47. The lowest BCUT2D eigenvalue weighted by molar-refractivity contribution is -0.116. The van der Waals surface area contributed by atoms with Crippen LogP contribution in [0, 0.1) is 0 Å². The van der Waals surface area contributed by atoms with Crippen molar-refractivity contribution >= 4 is 23.7 Å². The zero-order chi connectivity index (χ0) is 21.1. The molecule has 0 aliphatic rings. The fourth-order valence-electron chi connectivity index (χ4n) is 2.25. The fourth-order valence-corrected chi connectivity index (χ4v) is 2.25. The van der Waals surface area contributed by atoms with Crippen molar-refractivity contribution in [2.24, 2.45) is 11.5 Å². The first-order valence-corrected chi connectivity index (χ1v) is 8.30. The van der Waals surface area contributed by atoms with Gasteiger partial charge in [-0.2, -0.15) is 0 Å². The number of amides is 1. The van der Waals surface area contributed by atoms with Crippen molar-refractivity contribution in [3.8, 4) is 23.0 Å². The average Bonchev–Trinajstić information content (AvgIpc) is 2.71. The molecule has 0 atom stereocenters. The van der Waals surface area contributed by atoms with Crippen molar-refractivity contribution in [3.05, 3.63) is 41.5 Å². The van der Waals surface area contributed by atoms with Gasteiger partial charge < -0.3 is 36.1 Å². The minimum atomic E-state index is -0.468. The lowest BCUT2D eigenvalue weighted by Crippen LogP contribution is -2.21. The molecule has 2 rings (SSSR count). The van der Waals surface area contributed by atoms with E-state index < -0.39 is 5.91 Å². The Morgan fingerprint density at radius 2 is 1.36 bits per heavy atom. The van der Waals surface area contributed by atoms with Crippen LogP contribution >= 0.6 is 0 Å². The van der Waals surface area contributed by atoms with Gasteiger partial charge in [0, 0.05) is 0 Å². The van der Waals surface area contributed by atoms with Crippen LogP contribution in [0.1, 0.15) is 11.1 Å². The molecule has 2 aromatic rings. The lowest BCUT2D eigenvalue weighted by atomic mass is 10.1. The molecule has 28 heavy (non-hydrogen) atoms. The molecule has 0 unspecified atom stereocenters. The van der Waals surface area contributed by atoms with Gasteiger partial charge in [-0.1, -0.05) is 18.2 Å². The van der Waals surface area contributed by atoms with Gasteiger partial charge >= 0.3 is 0 Å². The maximum Gasteiger partial charge on any atom is 0.231 e. The van der Waals surface area contributed by atoms with E-state index >= 15 is 0 Å². The number of nitrogen functional groups attached to an aromatic ring is 1. The van der Waals surface area contributed by atoms with Gasteiger partial charge in [0.1, 0.15) is 5.75 Å². The van der Waals surface area contributed by atoms with Crippen LogP contribution in [0.2, 0.25) is 0 Å². The van der Waals surface area contributed by atoms with Crippen molar-refractivity contribution in [2.75, 3.05) is 40.7 Å². The Kier molecular flexibility index (Phi) is 9.18. The van der Waals surface area contributed by atoms with Gasteiger partial charge in [-0.3, -0.25) is 4.79 Å². The average molecular weight is 389 g/mol. The van der Waals surface area contributed by atoms with E-state index in [0.29, 0.717) is 28.7 Å². The first-order chi connectivity index (χ1) is 13.4. The number of ether oxygens (including phenoxy) is 4. The Morgan fingerprint density at radius 1 is 0.857 bits per heavy atom. The molecule has 152 valence electrons. The zero-order valence-electron chi connectivity index (χ0n) is 16.5. The number of nitrogens with two attached hydrogens (primary N) is 3. The first kappa shape index (κ1) is 22.7. The van der Waals surface area contributed by atoms with Crippen LogP contribution in [-0.4, -0.2) is 40.9 Å². The van der Waals surface area contributed by atoms with Gasteiger partial charge in [-0.25, -0.2) is 0 Å². The Labute approximate surface area is 164 Å². The van der Waals surface area contributed by atoms with Crippen molar-refractivity contribution in [3.63, 3.8) is 0 Å². The van der Waals surface area contributed by atoms with Gasteiger partial charge in [0.25, 0.3) is 0 Å². The van der Waals surface area contributed by atoms with E-state index in [9.17, 15) is 4.79 Å². The van der Waals surface area contributed by atoms with Crippen LogP contribution in [-0.2, 0) is 4.79 Å². The van der Waals surface area contributed by atoms with E-state index in [-0.39, 0.29) is 6.54 Å². The van der Waals surface area contributed by atoms with Gasteiger partial charge in [-0.15, -0.1) is 0 Å². The molecule has 0 bridgehead atoms. The summed E-state index contributed by atoms with van der Waals surface area (Å²) in [5.74, 6) is 1.99. The predicted octanol–water partition coefficient (Wildman–Crippen LogP) is 1.90.